The number of sulfonamides is 1. The molecule has 0 bridgehead atoms. The van der Waals surface area contributed by atoms with E-state index in [2.05, 4.69) is 9.71 Å². The molecule has 1 heterocycles. The Hall–Kier alpha value is 0.713. The average molecular weight is 471 g/mol. The van der Waals surface area contributed by atoms with Gasteiger partial charge in [-0.25, -0.2) is 18.1 Å². The molecule has 2 aromatic rings. The van der Waals surface area contributed by atoms with E-state index >= 15 is 0 Å². The summed E-state index contributed by atoms with van der Waals surface area (Å²) in [4.78, 5) is 26.3. The molecule has 3 rings (SSSR count). The minimum atomic E-state index is -4.01. The van der Waals surface area contributed by atoms with Crippen LogP contribution in [0.3, 0.4) is 0 Å². The van der Waals surface area contributed by atoms with Gasteiger partial charge in [0.15, 0.2) is 0 Å². The zero-order valence-electron chi connectivity index (χ0n) is 15.4. The van der Waals surface area contributed by atoms with Gasteiger partial charge in [0.25, 0.3) is 0 Å². The number of hydrogen-bond acceptors (Lipinski definition) is 8. The van der Waals surface area contributed by atoms with E-state index in [0.29, 0.717) is 10.2 Å². The van der Waals surface area contributed by atoms with E-state index in [1.807, 2.05) is 0 Å². The quantitative estimate of drug-likeness (QED) is 0.428. The maximum Gasteiger partial charge on any atom is 1.00 e. The molecule has 12 heteroatoms. The third-order valence-electron chi connectivity index (χ3n) is 3.73. The van der Waals surface area contributed by atoms with Crippen molar-refractivity contribution in [2.45, 2.75) is 24.3 Å². The first kappa shape index (κ1) is 26.7. The molecule has 8 nitrogen and oxygen atoms in total. The van der Waals surface area contributed by atoms with Crippen molar-refractivity contribution in [3.8, 4) is 0 Å². The largest absolute Gasteiger partial charge is 1.00 e. The fourth-order valence-corrected chi connectivity index (χ4v) is 4.75. The zero-order valence-corrected chi connectivity index (χ0v) is 23.3. The van der Waals surface area contributed by atoms with E-state index in [4.69, 9.17) is 0 Å². The summed E-state index contributed by atoms with van der Waals surface area (Å²) in [6.07, 6.45) is 1.77. The second-order valence-corrected chi connectivity index (χ2v) is 8.61. The van der Waals surface area contributed by atoms with Gasteiger partial charge >= 0.3 is 103 Å². The van der Waals surface area contributed by atoms with Gasteiger partial charge in [-0.1, -0.05) is 6.08 Å². The number of carbonyl (C=O) groups is 2. The van der Waals surface area contributed by atoms with Crippen LogP contribution in [0.15, 0.2) is 46.4 Å². The monoisotopic (exact) mass is 470 g/mol. The molecule has 1 aromatic heterocycles. The van der Waals surface area contributed by atoms with Crippen LogP contribution in [0, 0.1) is 6.92 Å². The van der Waals surface area contributed by atoms with Gasteiger partial charge in [0.2, 0.25) is 10.0 Å². The molecule has 0 saturated heterocycles. The molecule has 136 valence electrons. The number of rotatable bonds is 5. The van der Waals surface area contributed by atoms with Crippen LogP contribution in [0.1, 0.15) is 11.4 Å². The van der Waals surface area contributed by atoms with Gasteiger partial charge in [-0.05, 0) is 48.8 Å². The molecule has 1 aromatic carbocycles. The van der Waals surface area contributed by atoms with Gasteiger partial charge in [0.1, 0.15) is 0 Å². The van der Waals surface area contributed by atoms with Gasteiger partial charge in [-0.3, -0.25) is 0 Å². The Morgan fingerprint density at radius 2 is 1.89 bits per heavy atom. The van der Waals surface area contributed by atoms with Crippen LogP contribution >= 0.6 is 11.3 Å². The number of carboxylic acid groups (broad SMARTS) is 2. The number of carbonyl (C=O) groups excluding carboxylic acids is 2. The summed E-state index contributed by atoms with van der Waals surface area (Å²) < 4.78 is 28.2. The maximum atomic E-state index is 12.6. The average Bonchev–Trinajstić information content (AvgIpc) is 2.93. The number of nitrogens with one attached hydrogen (secondary N) is 1. The standard InChI is InChI=1S/C16H14N2O6S2.2K/c1-8-17-13-3-2-12(7-14(13)25-8)26(23,24)18-11-5-9(15(19)20)4-10(6-11)16(21)22;;/h2-5,7,11,18H,6H2,1H3,(H,19,20)(H,21,22);;/q;2*+1/p-2. The van der Waals surface area contributed by atoms with E-state index < -0.39 is 33.6 Å². The first-order valence-electron chi connectivity index (χ1n) is 7.40. The van der Waals surface area contributed by atoms with Gasteiger partial charge in [0, 0.05) is 6.04 Å². The maximum absolute atomic E-state index is 12.6. The SMILES string of the molecule is Cc1nc2ccc(S(=O)(=O)NC3C=C(C(=O)[O-])C=C(C(=O)[O-])C3)cc2s1.[K+].[K+]. The van der Waals surface area contributed by atoms with Gasteiger partial charge in [-0.2, -0.15) is 0 Å². The van der Waals surface area contributed by atoms with Crippen molar-refractivity contribution in [3.63, 3.8) is 0 Å². The number of fused-ring (bicyclic) bond motifs is 1. The third kappa shape index (κ3) is 6.36. The van der Waals surface area contributed by atoms with Gasteiger partial charge in [-0.15, -0.1) is 11.3 Å². The number of aromatic nitrogens is 1. The predicted molar refractivity (Wildman–Crippen MR) is 89.3 cm³/mol. The second-order valence-electron chi connectivity index (χ2n) is 5.66. The number of carboxylic acids is 2. The summed E-state index contributed by atoms with van der Waals surface area (Å²) in [5.74, 6) is -3.17. The minimum absolute atomic E-state index is 0. The van der Waals surface area contributed by atoms with Crippen LogP contribution in [0.25, 0.3) is 10.2 Å². The van der Waals surface area contributed by atoms with Crippen LogP contribution in [0.2, 0.25) is 0 Å². The Labute approximate surface area is 250 Å². The fourth-order valence-electron chi connectivity index (χ4n) is 2.61. The zero-order chi connectivity index (χ0) is 19.1. The summed E-state index contributed by atoms with van der Waals surface area (Å²) in [6, 6.07) is 3.36. The molecule has 28 heavy (non-hydrogen) atoms. The molecule has 0 saturated carbocycles. The molecular formula is C16H12K2N2O6S2. The normalized spacial score (nSPS) is 16.4. The van der Waals surface area contributed by atoms with Gasteiger partial charge < -0.3 is 19.8 Å². The molecular weight excluding hydrogens is 459 g/mol. The first-order valence-corrected chi connectivity index (χ1v) is 9.70. The van der Waals surface area contributed by atoms with E-state index in [1.54, 1.807) is 13.0 Å². The number of nitrogens with zero attached hydrogens (tertiary/aromatic N) is 1. The van der Waals surface area contributed by atoms with Crippen LogP contribution in [-0.4, -0.2) is 31.4 Å². The third-order valence-corrected chi connectivity index (χ3v) is 6.15. The van der Waals surface area contributed by atoms with Crippen LogP contribution in [-0.2, 0) is 19.6 Å². The first-order chi connectivity index (χ1) is 12.2. The summed E-state index contributed by atoms with van der Waals surface area (Å²) in [6.45, 7) is 1.80. The van der Waals surface area contributed by atoms with E-state index in [0.717, 1.165) is 17.2 Å². The number of benzene rings is 1. The van der Waals surface area contributed by atoms with E-state index in [9.17, 15) is 28.2 Å². The second kappa shape index (κ2) is 10.8. The van der Waals surface area contributed by atoms with E-state index in [-0.39, 0.29) is 120 Å². The fraction of sp³-hybridized carbons (Fsp3) is 0.188. The number of hydrogen-bond donors (Lipinski definition) is 1. The molecule has 0 spiro atoms. The van der Waals surface area contributed by atoms with Crippen molar-refractivity contribution >= 4 is 43.5 Å². The predicted octanol–water partition coefficient (Wildman–Crippen LogP) is -6.98. The van der Waals surface area contributed by atoms with Crippen LogP contribution in [0.4, 0.5) is 0 Å². The Morgan fingerprint density at radius 1 is 1.21 bits per heavy atom. The molecule has 0 amide bonds. The Kier molecular flexibility index (Phi) is 10.4. The van der Waals surface area contributed by atoms with Crippen molar-refractivity contribution in [2.24, 2.45) is 0 Å². The number of thiazole rings is 1. The van der Waals surface area contributed by atoms with Crippen LogP contribution < -0.4 is 118 Å². The minimum Gasteiger partial charge on any atom is -0.545 e. The number of aryl methyl sites for hydroxylation is 1. The Balaban J connectivity index is 0.00000196. The summed E-state index contributed by atoms with van der Waals surface area (Å²) in [7, 11) is -4.01. The Bertz CT molecular complexity index is 1090. The molecule has 1 unspecified atom stereocenters. The molecule has 1 aliphatic carbocycles. The van der Waals surface area contributed by atoms with Crippen LogP contribution in [0.5, 0.6) is 0 Å². The summed E-state index contributed by atoms with van der Waals surface area (Å²) in [5, 5.41) is 22.9. The Morgan fingerprint density at radius 3 is 2.50 bits per heavy atom. The topological polar surface area (TPSA) is 139 Å². The van der Waals surface area contributed by atoms with Crippen molar-refractivity contribution in [3.05, 3.63) is 46.5 Å². The number of aliphatic carboxylic acids is 2. The molecule has 0 aliphatic heterocycles. The van der Waals surface area contributed by atoms with Crippen molar-refractivity contribution in [2.75, 3.05) is 0 Å². The van der Waals surface area contributed by atoms with Crippen molar-refractivity contribution < 1.29 is 131 Å². The van der Waals surface area contributed by atoms with Gasteiger partial charge in [0.05, 0.1) is 32.1 Å². The van der Waals surface area contributed by atoms with Crippen molar-refractivity contribution in [1.82, 2.24) is 9.71 Å². The smallest absolute Gasteiger partial charge is 0.545 e. The molecule has 1 N–H and O–H groups in total. The van der Waals surface area contributed by atoms with E-state index in [1.165, 1.54) is 23.5 Å². The molecule has 0 fully saturated rings. The molecule has 0 radical (unpaired) electrons. The molecule has 1 aliphatic rings. The summed E-state index contributed by atoms with van der Waals surface area (Å²) >= 11 is 1.34. The molecule has 1 atom stereocenters. The summed E-state index contributed by atoms with van der Waals surface area (Å²) in [5.41, 5.74) is -0.0740. The van der Waals surface area contributed by atoms with Crippen molar-refractivity contribution in [1.29, 1.82) is 0 Å².